The molecule has 1 aromatic rings. The van der Waals surface area contributed by atoms with Gasteiger partial charge in [-0.25, -0.2) is 0 Å². The van der Waals surface area contributed by atoms with Gasteiger partial charge in [0.1, 0.15) is 0 Å². The number of thiocarbonyl (C=S) groups is 1. The molecule has 96 valence electrons. The van der Waals surface area contributed by atoms with Gasteiger partial charge in [-0.3, -0.25) is 0 Å². The molecule has 1 N–H and O–H groups in total. The van der Waals surface area contributed by atoms with Crippen LogP contribution in [-0.4, -0.2) is 43.4 Å². The lowest BCUT2D eigenvalue weighted by Crippen LogP contribution is -2.43. The smallest absolute Gasteiger partial charge is 0.169 e. The minimum Gasteiger partial charge on any atom is -0.383 e. The highest BCUT2D eigenvalue weighted by molar-refractivity contribution is 7.80. The van der Waals surface area contributed by atoms with Crippen molar-refractivity contribution in [1.29, 1.82) is 0 Å². The van der Waals surface area contributed by atoms with Crippen LogP contribution in [0.5, 0.6) is 0 Å². The highest BCUT2D eigenvalue weighted by Gasteiger charge is 2.13. The molecule has 3 nitrogen and oxygen atoms in total. The van der Waals surface area contributed by atoms with Gasteiger partial charge in [-0.2, -0.15) is 0 Å². The van der Waals surface area contributed by atoms with Gasteiger partial charge >= 0.3 is 0 Å². The molecule has 0 bridgehead atoms. The molecule has 0 spiro atoms. The normalized spacial score (nSPS) is 12.2. The number of nitrogens with zero attached hydrogens (tertiary/aromatic N) is 1. The number of nitrogens with one attached hydrogen (secondary N) is 1. The summed E-state index contributed by atoms with van der Waals surface area (Å²) in [6, 6.07) is 4.65. The standard InChI is InChI=1S/C12H20N2OS2/c1-10(9-11-5-4-8-17-11)14(2)12(16)13-6-7-15-3/h4-5,8,10H,6-7,9H2,1-3H3,(H,13,16). The van der Waals surface area contributed by atoms with Gasteiger partial charge in [0.25, 0.3) is 0 Å². The Bertz CT molecular complexity index is 327. The van der Waals surface area contributed by atoms with E-state index in [0.29, 0.717) is 12.6 Å². The van der Waals surface area contributed by atoms with Crippen molar-refractivity contribution in [1.82, 2.24) is 10.2 Å². The summed E-state index contributed by atoms with van der Waals surface area (Å²) in [6.07, 6.45) is 1.03. The summed E-state index contributed by atoms with van der Waals surface area (Å²) in [5.41, 5.74) is 0. The van der Waals surface area contributed by atoms with Crippen molar-refractivity contribution < 1.29 is 4.74 Å². The molecule has 0 aliphatic rings. The lowest BCUT2D eigenvalue weighted by atomic mass is 10.2. The van der Waals surface area contributed by atoms with Crippen LogP contribution >= 0.6 is 23.6 Å². The summed E-state index contributed by atoms with van der Waals surface area (Å²) in [5.74, 6) is 0. The Kier molecular flexibility index (Phi) is 6.47. The third-order valence-corrected chi connectivity index (χ3v) is 3.97. The van der Waals surface area contributed by atoms with Gasteiger partial charge in [-0.05, 0) is 30.6 Å². The maximum Gasteiger partial charge on any atom is 0.169 e. The van der Waals surface area contributed by atoms with E-state index in [1.165, 1.54) is 4.88 Å². The minimum atomic E-state index is 0.399. The predicted octanol–water partition coefficient (Wildman–Crippen LogP) is 2.13. The molecule has 5 heteroatoms. The second-order valence-electron chi connectivity index (χ2n) is 3.97. The summed E-state index contributed by atoms with van der Waals surface area (Å²) in [4.78, 5) is 3.49. The van der Waals surface area contributed by atoms with Crippen LogP contribution in [0.25, 0.3) is 0 Å². The van der Waals surface area contributed by atoms with Crippen LogP contribution in [0.15, 0.2) is 17.5 Å². The fourth-order valence-electron chi connectivity index (χ4n) is 1.44. The van der Waals surface area contributed by atoms with Crippen LogP contribution in [0.2, 0.25) is 0 Å². The fourth-order valence-corrected chi connectivity index (χ4v) is 2.55. The molecule has 1 rings (SSSR count). The van der Waals surface area contributed by atoms with Crippen molar-refractivity contribution in [2.24, 2.45) is 0 Å². The molecule has 0 saturated carbocycles. The van der Waals surface area contributed by atoms with Gasteiger partial charge in [-0.15, -0.1) is 11.3 Å². The van der Waals surface area contributed by atoms with E-state index >= 15 is 0 Å². The van der Waals surface area contributed by atoms with E-state index in [-0.39, 0.29) is 0 Å². The monoisotopic (exact) mass is 272 g/mol. The van der Waals surface area contributed by atoms with Crippen LogP contribution in [0.1, 0.15) is 11.8 Å². The molecular formula is C12H20N2OS2. The van der Waals surface area contributed by atoms with E-state index in [9.17, 15) is 0 Å². The molecule has 0 aliphatic carbocycles. The Balaban J connectivity index is 2.35. The van der Waals surface area contributed by atoms with Crippen LogP contribution in [0.4, 0.5) is 0 Å². The molecule has 17 heavy (non-hydrogen) atoms. The summed E-state index contributed by atoms with van der Waals surface area (Å²) in [5, 5.41) is 6.07. The van der Waals surface area contributed by atoms with E-state index in [4.69, 9.17) is 17.0 Å². The Labute approximate surface area is 113 Å². The average molecular weight is 272 g/mol. The Morgan fingerprint density at radius 2 is 2.41 bits per heavy atom. The van der Waals surface area contributed by atoms with Crippen molar-refractivity contribution in [3.8, 4) is 0 Å². The second-order valence-corrected chi connectivity index (χ2v) is 5.39. The van der Waals surface area contributed by atoms with E-state index < -0.39 is 0 Å². The Morgan fingerprint density at radius 3 is 3.00 bits per heavy atom. The van der Waals surface area contributed by atoms with Crippen molar-refractivity contribution in [3.05, 3.63) is 22.4 Å². The van der Waals surface area contributed by atoms with Crippen molar-refractivity contribution in [2.45, 2.75) is 19.4 Å². The summed E-state index contributed by atoms with van der Waals surface area (Å²) in [7, 11) is 3.72. The Morgan fingerprint density at radius 1 is 1.65 bits per heavy atom. The number of rotatable bonds is 6. The molecular weight excluding hydrogens is 252 g/mol. The number of hydrogen-bond donors (Lipinski definition) is 1. The molecule has 0 aliphatic heterocycles. The van der Waals surface area contributed by atoms with Crippen LogP contribution in [0, 0.1) is 0 Å². The van der Waals surface area contributed by atoms with Crippen molar-refractivity contribution >= 4 is 28.7 Å². The van der Waals surface area contributed by atoms with Gasteiger partial charge in [0.2, 0.25) is 0 Å². The largest absolute Gasteiger partial charge is 0.383 e. The van der Waals surface area contributed by atoms with Crippen LogP contribution in [-0.2, 0) is 11.2 Å². The predicted molar refractivity (Wildman–Crippen MR) is 77.7 cm³/mol. The maximum atomic E-state index is 5.32. The van der Waals surface area contributed by atoms with Crippen molar-refractivity contribution in [3.63, 3.8) is 0 Å². The third-order valence-electron chi connectivity index (χ3n) is 2.64. The number of hydrogen-bond acceptors (Lipinski definition) is 3. The summed E-state index contributed by atoms with van der Waals surface area (Å²) in [6.45, 7) is 3.61. The minimum absolute atomic E-state index is 0.399. The average Bonchev–Trinajstić information content (AvgIpc) is 2.81. The van der Waals surface area contributed by atoms with E-state index in [1.807, 2.05) is 7.05 Å². The quantitative estimate of drug-likeness (QED) is 0.633. The number of ether oxygens (including phenoxy) is 1. The molecule has 1 unspecified atom stereocenters. The van der Waals surface area contributed by atoms with Gasteiger partial charge in [-0.1, -0.05) is 6.07 Å². The van der Waals surface area contributed by atoms with Crippen molar-refractivity contribution in [2.75, 3.05) is 27.3 Å². The molecule has 1 atom stereocenters. The fraction of sp³-hybridized carbons (Fsp3) is 0.583. The van der Waals surface area contributed by atoms with Crippen LogP contribution in [0.3, 0.4) is 0 Å². The lowest BCUT2D eigenvalue weighted by Gasteiger charge is -2.27. The highest BCUT2D eigenvalue weighted by Crippen LogP contribution is 2.13. The molecule has 1 aromatic heterocycles. The second kappa shape index (κ2) is 7.63. The number of methoxy groups -OCH3 is 1. The zero-order valence-electron chi connectivity index (χ0n) is 10.6. The molecule has 0 radical (unpaired) electrons. The van der Waals surface area contributed by atoms with Gasteiger partial charge in [0.05, 0.1) is 6.61 Å². The molecule has 0 aromatic carbocycles. The zero-order chi connectivity index (χ0) is 12.7. The van der Waals surface area contributed by atoms with Gasteiger partial charge < -0.3 is 15.0 Å². The first-order valence-electron chi connectivity index (χ1n) is 5.67. The summed E-state index contributed by atoms with van der Waals surface area (Å²) < 4.78 is 4.98. The highest BCUT2D eigenvalue weighted by atomic mass is 32.1. The zero-order valence-corrected chi connectivity index (χ0v) is 12.2. The van der Waals surface area contributed by atoms with E-state index in [2.05, 4.69) is 34.7 Å². The van der Waals surface area contributed by atoms with Gasteiger partial charge in [0.15, 0.2) is 5.11 Å². The molecule has 0 saturated heterocycles. The van der Waals surface area contributed by atoms with Crippen LogP contribution < -0.4 is 5.32 Å². The first-order chi connectivity index (χ1) is 8.15. The first-order valence-corrected chi connectivity index (χ1v) is 6.96. The third kappa shape index (κ3) is 5.02. The SMILES string of the molecule is COCCNC(=S)N(C)C(C)Cc1cccs1. The summed E-state index contributed by atoms with van der Waals surface area (Å²) >= 11 is 7.12. The lowest BCUT2D eigenvalue weighted by molar-refractivity contribution is 0.202. The van der Waals surface area contributed by atoms with Gasteiger partial charge in [0, 0.05) is 38.0 Å². The molecule has 1 heterocycles. The van der Waals surface area contributed by atoms with E-state index in [1.54, 1.807) is 18.4 Å². The van der Waals surface area contributed by atoms with E-state index in [0.717, 1.165) is 18.1 Å². The number of likely N-dealkylation sites (N-methyl/N-ethyl adjacent to an activating group) is 1. The molecule has 0 amide bonds. The maximum absolute atomic E-state index is 5.32. The topological polar surface area (TPSA) is 24.5 Å². The number of thiophene rings is 1. The molecule has 0 fully saturated rings. The first kappa shape index (κ1) is 14.4. The Hall–Kier alpha value is -0.650.